The molecule has 0 saturated heterocycles. The Hall–Kier alpha value is -0.610. The van der Waals surface area contributed by atoms with E-state index < -0.39 is 6.04 Å². The van der Waals surface area contributed by atoms with Crippen LogP contribution in [0.25, 0.3) is 0 Å². The van der Waals surface area contributed by atoms with E-state index in [0.29, 0.717) is 0 Å². The molecule has 14 heavy (non-hydrogen) atoms. The van der Waals surface area contributed by atoms with Crippen LogP contribution in [0, 0.1) is 5.92 Å². The van der Waals surface area contributed by atoms with E-state index in [2.05, 4.69) is 4.74 Å². The van der Waals surface area contributed by atoms with E-state index in [1.54, 1.807) is 7.11 Å². The van der Waals surface area contributed by atoms with Crippen LogP contribution in [0.5, 0.6) is 0 Å². The number of methoxy groups -OCH3 is 2. The second kappa shape index (κ2) is 5.32. The molecule has 0 aromatic carbocycles. The fourth-order valence-electron chi connectivity index (χ4n) is 2.05. The first-order chi connectivity index (χ1) is 6.69. The molecule has 0 heterocycles. The van der Waals surface area contributed by atoms with Gasteiger partial charge in [-0.05, 0) is 25.2 Å². The molecule has 0 amide bonds. The summed E-state index contributed by atoms with van der Waals surface area (Å²) in [7, 11) is 3.08. The van der Waals surface area contributed by atoms with Crippen molar-refractivity contribution in [2.24, 2.45) is 11.7 Å². The van der Waals surface area contributed by atoms with E-state index in [0.717, 1.165) is 25.7 Å². The molecular weight excluding hydrogens is 182 g/mol. The lowest BCUT2D eigenvalue weighted by Crippen LogP contribution is -2.42. The summed E-state index contributed by atoms with van der Waals surface area (Å²) < 4.78 is 9.91. The molecule has 0 aliphatic heterocycles. The first-order valence-corrected chi connectivity index (χ1v) is 5.05. The number of carbonyl (C=O) groups is 1. The summed E-state index contributed by atoms with van der Waals surface area (Å²) in [5, 5.41) is 0. The minimum Gasteiger partial charge on any atom is -0.468 e. The zero-order valence-corrected chi connectivity index (χ0v) is 8.86. The molecule has 0 aromatic heterocycles. The predicted molar refractivity (Wildman–Crippen MR) is 52.7 cm³/mol. The number of rotatable bonds is 3. The normalized spacial score (nSPS) is 29.6. The Morgan fingerprint density at radius 1 is 1.43 bits per heavy atom. The molecule has 4 heteroatoms. The molecule has 1 aliphatic carbocycles. The van der Waals surface area contributed by atoms with E-state index in [1.165, 1.54) is 7.11 Å². The van der Waals surface area contributed by atoms with Crippen molar-refractivity contribution in [3.8, 4) is 0 Å². The van der Waals surface area contributed by atoms with E-state index in [9.17, 15) is 4.79 Å². The van der Waals surface area contributed by atoms with Crippen LogP contribution in [0.1, 0.15) is 25.7 Å². The van der Waals surface area contributed by atoms with Crippen LogP contribution in [0.15, 0.2) is 0 Å². The molecule has 0 aromatic rings. The van der Waals surface area contributed by atoms with Crippen LogP contribution in [0.3, 0.4) is 0 Å². The van der Waals surface area contributed by atoms with E-state index in [4.69, 9.17) is 10.5 Å². The summed E-state index contributed by atoms with van der Waals surface area (Å²) in [5.41, 5.74) is 5.79. The highest BCUT2D eigenvalue weighted by Gasteiger charge is 2.30. The van der Waals surface area contributed by atoms with Gasteiger partial charge in [0, 0.05) is 7.11 Å². The first kappa shape index (κ1) is 11.5. The molecule has 0 bridgehead atoms. The molecule has 3 atom stereocenters. The minimum absolute atomic E-state index is 0.209. The lowest BCUT2D eigenvalue weighted by atomic mass is 9.82. The van der Waals surface area contributed by atoms with Gasteiger partial charge in [-0.3, -0.25) is 4.79 Å². The highest BCUT2D eigenvalue weighted by molar-refractivity contribution is 5.75. The minimum atomic E-state index is -0.488. The van der Waals surface area contributed by atoms with Gasteiger partial charge in [-0.15, -0.1) is 0 Å². The summed E-state index contributed by atoms with van der Waals surface area (Å²) in [6, 6.07) is -0.488. The smallest absolute Gasteiger partial charge is 0.322 e. The Morgan fingerprint density at radius 3 is 2.71 bits per heavy atom. The zero-order valence-electron chi connectivity index (χ0n) is 8.86. The molecule has 1 rings (SSSR count). The Bertz CT molecular complexity index is 196. The molecule has 0 unspecified atom stereocenters. The van der Waals surface area contributed by atoms with Gasteiger partial charge in [-0.25, -0.2) is 0 Å². The average molecular weight is 201 g/mol. The van der Waals surface area contributed by atoms with Gasteiger partial charge in [0.05, 0.1) is 13.2 Å². The molecule has 4 nitrogen and oxygen atoms in total. The molecule has 2 N–H and O–H groups in total. The summed E-state index contributed by atoms with van der Waals surface area (Å²) in [5.74, 6) is -0.104. The average Bonchev–Trinajstić information content (AvgIpc) is 2.27. The standard InChI is InChI=1S/C10H19NO3/c1-13-8-5-3-4-7(6-8)9(11)10(12)14-2/h7-9H,3-6,11H2,1-2H3/t7-,8+,9-/m0/s1. The van der Waals surface area contributed by atoms with E-state index in [-0.39, 0.29) is 18.0 Å². The molecule has 1 fully saturated rings. The SMILES string of the molecule is COC(=O)[C@@H](N)[C@H]1CCC[C@@H](OC)C1. The van der Waals surface area contributed by atoms with Crippen molar-refractivity contribution in [3.05, 3.63) is 0 Å². The third-order valence-electron chi connectivity index (χ3n) is 2.98. The molecule has 82 valence electrons. The van der Waals surface area contributed by atoms with Crippen molar-refractivity contribution < 1.29 is 14.3 Å². The van der Waals surface area contributed by atoms with Crippen LogP contribution in [-0.4, -0.2) is 32.3 Å². The Kier molecular flexibility index (Phi) is 4.35. The van der Waals surface area contributed by atoms with Gasteiger partial charge < -0.3 is 15.2 Å². The third-order valence-corrected chi connectivity index (χ3v) is 2.98. The zero-order chi connectivity index (χ0) is 10.6. The maximum Gasteiger partial charge on any atom is 0.322 e. The quantitative estimate of drug-likeness (QED) is 0.682. The first-order valence-electron chi connectivity index (χ1n) is 5.05. The monoisotopic (exact) mass is 201 g/mol. The summed E-state index contributed by atoms with van der Waals surface area (Å²) in [6.07, 6.45) is 4.27. The van der Waals surface area contributed by atoms with E-state index >= 15 is 0 Å². The van der Waals surface area contributed by atoms with Crippen molar-refractivity contribution in [1.82, 2.24) is 0 Å². The fraction of sp³-hybridized carbons (Fsp3) is 0.900. The van der Waals surface area contributed by atoms with Gasteiger partial charge in [-0.2, -0.15) is 0 Å². The second-order valence-corrected chi connectivity index (χ2v) is 3.83. The van der Waals surface area contributed by atoms with Crippen molar-refractivity contribution in [2.75, 3.05) is 14.2 Å². The van der Waals surface area contributed by atoms with Gasteiger partial charge in [0.25, 0.3) is 0 Å². The molecule has 1 aliphatic rings. The van der Waals surface area contributed by atoms with Gasteiger partial charge in [0.2, 0.25) is 0 Å². The number of ether oxygens (including phenoxy) is 2. The Labute approximate surface area is 84.7 Å². The number of hydrogen-bond donors (Lipinski definition) is 1. The van der Waals surface area contributed by atoms with Crippen LogP contribution < -0.4 is 5.73 Å². The summed E-state index contributed by atoms with van der Waals surface area (Å²) in [4.78, 5) is 11.2. The Morgan fingerprint density at radius 2 is 2.14 bits per heavy atom. The van der Waals surface area contributed by atoms with Crippen molar-refractivity contribution in [3.63, 3.8) is 0 Å². The fourth-order valence-corrected chi connectivity index (χ4v) is 2.05. The summed E-state index contributed by atoms with van der Waals surface area (Å²) in [6.45, 7) is 0. The molecular formula is C10H19NO3. The van der Waals surface area contributed by atoms with Gasteiger partial charge in [0.15, 0.2) is 0 Å². The van der Waals surface area contributed by atoms with Crippen LogP contribution >= 0.6 is 0 Å². The third kappa shape index (κ3) is 2.69. The lowest BCUT2D eigenvalue weighted by Gasteiger charge is -2.30. The molecule has 0 radical (unpaired) electrons. The molecule has 1 saturated carbocycles. The second-order valence-electron chi connectivity index (χ2n) is 3.83. The number of esters is 1. The van der Waals surface area contributed by atoms with Crippen molar-refractivity contribution in [1.29, 1.82) is 0 Å². The topological polar surface area (TPSA) is 61.5 Å². The van der Waals surface area contributed by atoms with Gasteiger partial charge >= 0.3 is 5.97 Å². The van der Waals surface area contributed by atoms with Gasteiger partial charge in [0.1, 0.15) is 6.04 Å². The van der Waals surface area contributed by atoms with Crippen molar-refractivity contribution in [2.45, 2.75) is 37.8 Å². The van der Waals surface area contributed by atoms with Crippen LogP contribution in [0.4, 0.5) is 0 Å². The van der Waals surface area contributed by atoms with Crippen LogP contribution in [-0.2, 0) is 14.3 Å². The number of nitrogens with two attached hydrogens (primary N) is 1. The molecule has 0 spiro atoms. The van der Waals surface area contributed by atoms with E-state index in [1.807, 2.05) is 0 Å². The Balaban J connectivity index is 2.46. The summed E-state index contributed by atoms with van der Waals surface area (Å²) >= 11 is 0. The number of hydrogen-bond acceptors (Lipinski definition) is 4. The maximum atomic E-state index is 11.2. The lowest BCUT2D eigenvalue weighted by molar-refractivity contribution is -0.144. The largest absolute Gasteiger partial charge is 0.468 e. The van der Waals surface area contributed by atoms with Crippen molar-refractivity contribution >= 4 is 5.97 Å². The predicted octanol–water partition coefficient (Wildman–Crippen LogP) is 0.692. The highest BCUT2D eigenvalue weighted by atomic mass is 16.5. The number of carbonyl (C=O) groups excluding carboxylic acids is 1. The van der Waals surface area contributed by atoms with Gasteiger partial charge in [-0.1, -0.05) is 6.42 Å². The van der Waals surface area contributed by atoms with Crippen LogP contribution in [0.2, 0.25) is 0 Å². The maximum absolute atomic E-state index is 11.2. The highest BCUT2D eigenvalue weighted by Crippen LogP contribution is 2.28.